The molecule has 2 aliphatic heterocycles. The van der Waals surface area contributed by atoms with E-state index in [1.165, 1.54) is 0 Å². The quantitative estimate of drug-likeness (QED) is 0.883. The summed E-state index contributed by atoms with van der Waals surface area (Å²) in [7, 11) is 1.59. The minimum absolute atomic E-state index is 0.0682. The number of hydrogen-bond donors (Lipinski definition) is 2. The lowest BCUT2D eigenvalue weighted by Crippen LogP contribution is -2.41. The average molecular weight is 354 g/mol. The monoisotopic (exact) mass is 354 g/mol. The minimum atomic E-state index is -0.0682. The van der Waals surface area contributed by atoms with Crippen molar-refractivity contribution in [1.82, 2.24) is 15.2 Å². The Balaban J connectivity index is 1.39. The zero-order chi connectivity index (χ0) is 17.9. The Morgan fingerprint density at radius 3 is 2.85 bits per heavy atom. The number of benzene rings is 1. The first-order chi connectivity index (χ1) is 12.7. The number of likely N-dealkylation sites (tertiary alicyclic amines) is 1. The van der Waals surface area contributed by atoms with E-state index in [2.05, 4.69) is 15.6 Å². The van der Waals surface area contributed by atoms with Gasteiger partial charge in [-0.25, -0.2) is 9.78 Å². The van der Waals surface area contributed by atoms with Gasteiger partial charge in [0.05, 0.1) is 19.0 Å². The molecule has 4 rings (SSSR count). The summed E-state index contributed by atoms with van der Waals surface area (Å²) in [5.41, 5.74) is 0.650. The number of aromatic nitrogens is 1. The van der Waals surface area contributed by atoms with Gasteiger partial charge in [-0.15, -0.1) is 0 Å². The number of fused-ring (bicyclic) bond motifs is 1. The Morgan fingerprint density at radius 1 is 1.23 bits per heavy atom. The van der Waals surface area contributed by atoms with Gasteiger partial charge in [0.15, 0.2) is 11.5 Å². The van der Waals surface area contributed by atoms with Gasteiger partial charge < -0.3 is 25.0 Å². The molecule has 0 aliphatic carbocycles. The number of methoxy groups -OCH3 is 1. The highest BCUT2D eigenvalue weighted by Crippen LogP contribution is 2.30. The Hall–Kier alpha value is -2.80. The standard InChI is InChI=1S/C19H22N4O3/c1-25-16-4-2-3-5-17(16)26-18-7-6-14(11-21-18)22-19(24)23-9-8-13-10-20-12-15(13)23/h2-7,11,13,15,20H,8-10,12H2,1H3,(H,22,24)/t13-,15+/m0/s1. The fourth-order valence-corrected chi connectivity index (χ4v) is 3.63. The number of para-hydroxylation sites is 2. The fourth-order valence-electron chi connectivity index (χ4n) is 3.63. The lowest BCUT2D eigenvalue weighted by Gasteiger charge is -2.23. The third-order valence-corrected chi connectivity index (χ3v) is 4.98. The zero-order valence-corrected chi connectivity index (χ0v) is 14.6. The molecular weight excluding hydrogens is 332 g/mol. The van der Waals surface area contributed by atoms with Crippen LogP contribution in [0, 0.1) is 5.92 Å². The van der Waals surface area contributed by atoms with Crippen LogP contribution in [0.25, 0.3) is 0 Å². The van der Waals surface area contributed by atoms with Crippen LogP contribution in [0.1, 0.15) is 6.42 Å². The van der Waals surface area contributed by atoms with Gasteiger partial charge in [-0.1, -0.05) is 12.1 Å². The van der Waals surface area contributed by atoms with Crippen LogP contribution in [0.4, 0.5) is 10.5 Å². The predicted molar refractivity (Wildman–Crippen MR) is 97.8 cm³/mol. The van der Waals surface area contributed by atoms with Crippen LogP contribution in [0.2, 0.25) is 0 Å². The molecule has 7 nitrogen and oxygen atoms in total. The summed E-state index contributed by atoms with van der Waals surface area (Å²) in [5.74, 6) is 2.25. The molecule has 3 heterocycles. The van der Waals surface area contributed by atoms with Crippen LogP contribution in [-0.4, -0.2) is 48.7 Å². The van der Waals surface area contributed by atoms with Gasteiger partial charge >= 0.3 is 6.03 Å². The summed E-state index contributed by atoms with van der Waals surface area (Å²) >= 11 is 0. The number of nitrogens with one attached hydrogen (secondary N) is 2. The summed E-state index contributed by atoms with van der Waals surface area (Å²) in [6.07, 6.45) is 2.66. The third kappa shape index (κ3) is 3.30. The van der Waals surface area contributed by atoms with Crippen LogP contribution in [-0.2, 0) is 0 Å². The van der Waals surface area contributed by atoms with E-state index in [-0.39, 0.29) is 6.03 Å². The van der Waals surface area contributed by atoms with Crippen LogP contribution in [0.3, 0.4) is 0 Å². The van der Waals surface area contributed by atoms with E-state index < -0.39 is 0 Å². The summed E-state index contributed by atoms with van der Waals surface area (Å²) in [6, 6.07) is 11.1. The largest absolute Gasteiger partial charge is 0.493 e. The van der Waals surface area contributed by atoms with Crippen molar-refractivity contribution >= 4 is 11.7 Å². The number of ether oxygens (including phenoxy) is 2. The number of rotatable bonds is 4. The normalized spacial score (nSPS) is 21.3. The van der Waals surface area contributed by atoms with Crippen LogP contribution >= 0.6 is 0 Å². The molecule has 2 amide bonds. The maximum absolute atomic E-state index is 12.5. The molecule has 0 bridgehead atoms. The van der Waals surface area contributed by atoms with Crippen molar-refractivity contribution in [2.75, 3.05) is 32.1 Å². The minimum Gasteiger partial charge on any atom is -0.493 e. The first-order valence-electron chi connectivity index (χ1n) is 8.80. The Bertz CT molecular complexity index is 781. The van der Waals surface area contributed by atoms with Crippen molar-refractivity contribution < 1.29 is 14.3 Å². The summed E-state index contributed by atoms with van der Waals surface area (Å²) in [6.45, 7) is 2.69. The van der Waals surface area contributed by atoms with Crippen LogP contribution in [0.5, 0.6) is 17.4 Å². The topological polar surface area (TPSA) is 75.7 Å². The van der Waals surface area contributed by atoms with Gasteiger partial charge in [0.25, 0.3) is 0 Å². The van der Waals surface area contributed by atoms with Gasteiger partial charge in [0, 0.05) is 31.7 Å². The second-order valence-corrected chi connectivity index (χ2v) is 6.54. The predicted octanol–water partition coefficient (Wildman–Crippen LogP) is 2.71. The molecule has 2 aromatic rings. The molecule has 2 aliphatic rings. The molecule has 1 aromatic carbocycles. The number of carbonyl (C=O) groups is 1. The maximum atomic E-state index is 12.5. The molecule has 136 valence electrons. The SMILES string of the molecule is COc1ccccc1Oc1ccc(NC(=O)N2CC[C@H]3CNC[C@H]32)cn1. The molecule has 0 saturated carbocycles. The van der Waals surface area contributed by atoms with E-state index in [4.69, 9.17) is 9.47 Å². The summed E-state index contributed by atoms with van der Waals surface area (Å²) in [5, 5.41) is 6.28. The smallest absolute Gasteiger partial charge is 0.322 e. The number of amides is 2. The van der Waals surface area contributed by atoms with Crippen molar-refractivity contribution in [1.29, 1.82) is 0 Å². The average Bonchev–Trinajstić information content (AvgIpc) is 3.27. The Kier molecular flexibility index (Phi) is 4.62. The van der Waals surface area contributed by atoms with E-state index in [0.29, 0.717) is 35.0 Å². The highest BCUT2D eigenvalue weighted by atomic mass is 16.5. The molecule has 7 heteroatoms. The third-order valence-electron chi connectivity index (χ3n) is 4.98. The van der Waals surface area contributed by atoms with Crippen LogP contribution in [0.15, 0.2) is 42.6 Å². The fraction of sp³-hybridized carbons (Fsp3) is 0.368. The first-order valence-corrected chi connectivity index (χ1v) is 8.80. The number of urea groups is 1. The zero-order valence-electron chi connectivity index (χ0n) is 14.6. The second-order valence-electron chi connectivity index (χ2n) is 6.54. The van der Waals surface area contributed by atoms with Crippen molar-refractivity contribution in [2.24, 2.45) is 5.92 Å². The van der Waals surface area contributed by atoms with Crippen molar-refractivity contribution in [2.45, 2.75) is 12.5 Å². The number of hydrogen-bond acceptors (Lipinski definition) is 5. The van der Waals surface area contributed by atoms with Crippen molar-refractivity contribution in [3.63, 3.8) is 0 Å². The first kappa shape index (κ1) is 16.7. The molecule has 0 unspecified atom stereocenters. The Morgan fingerprint density at radius 2 is 2.08 bits per heavy atom. The highest BCUT2D eigenvalue weighted by Gasteiger charge is 2.39. The van der Waals surface area contributed by atoms with Crippen molar-refractivity contribution in [3.8, 4) is 17.4 Å². The van der Waals surface area contributed by atoms with Crippen LogP contribution < -0.4 is 20.1 Å². The molecule has 2 saturated heterocycles. The van der Waals surface area contributed by atoms with Gasteiger partial charge in [-0.2, -0.15) is 0 Å². The molecular formula is C19H22N4O3. The number of pyridine rings is 1. The van der Waals surface area contributed by atoms with Crippen molar-refractivity contribution in [3.05, 3.63) is 42.6 Å². The van der Waals surface area contributed by atoms with Gasteiger partial charge in [0.2, 0.25) is 5.88 Å². The Labute approximate surface area is 152 Å². The van der Waals surface area contributed by atoms with E-state index in [0.717, 1.165) is 26.1 Å². The maximum Gasteiger partial charge on any atom is 0.322 e. The van der Waals surface area contributed by atoms with E-state index in [1.807, 2.05) is 29.2 Å². The lowest BCUT2D eigenvalue weighted by molar-refractivity contribution is 0.206. The number of anilines is 1. The van der Waals surface area contributed by atoms with E-state index in [9.17, 15) is 4.79 Å². The molecule has 0 radical (unpaired) electrons. The van der Waals surface area contributed by atoms with E-state index >= 15 is 0 Å². The highest BCUT2D eigenvalue weighted by molar-refractivity contribution is 5.89. The van der Waals surface area contributed by atoms with Gasteiger partial charge in [0.1, 0.15) is 0 Å². The molecule has 2 fully saturated rings. The summed E-state index contributed by atoms with van der Waals surface area (Å²) < 4.78 is 11.0. The van der Waals surface area contributed by atoms with Gasteiger partial charge in [-0.05, 0) is 30.5 Å². The molecule has 0 spiro atoms. The molecule has 2 N–H and O–H groups in total. The molecule has 2 atom stereocenters. The second kappa shape index (κ2) is 7.21. The lowest BCUT2D eigenvalue weighted by atomic mass is 10.1. The number of nitrogens with zero attached hydrogens (tertiary/aromatic N) is 2. The number of carbonyl (C=O) groups excluding carboxylic acids is 1. The molecule has 1 aromatic heterocycles. The van der Waals surface area contributed by atoms with E-state index in [1.54, 1.807) is 25.4 Å². The summed E-state index contributed by atoms with van der Waals surface area (Å²) in [4.78, 5) is 18.7. The van der Waals surface area contributed by atoms with Gasteiger partial charge in [-0.3, -0.25) is 0 Å². The molecule has 26 heavy (non-hydrogen) atoms.